The number of aryl methyl sites for hydroxylation is 1. The molecule has 23 heavy (non-hydrogen) atoms. The van der Waals surface area contributed by atoms with Gasteiger partial charge in [0.05, 0.1) is 25.4 Å². The van der Waals surface area contributed by atoms with E-state index < -0.39 is 7.04 Å². The minimum atomic E-state index is -2.46. The first-order valence-corrected chi connectivity index (χ1v) is 7.53. The Bertz CT molecular complexity index is 732. The number of ether oxygens (including phenoxy) is 3. The molecule has 0 bridgehead atoms. The largest absolute Gasteiger partial charge is 0.496 e. The second-order valence-corrected chi connectivity index (χ2v) is 5.27. The van der Waals surface area contributed by atoms with Gasteiger partial charge in [0.25, 0.3) is 0 Å². The molecule has 0 aliphatic rings. The Morgan fingerprint density at radius 3 is 2.48 bits per heavy atom. The van der Waals surface area contributed by atoms with Crippen LogP contribution in [0.15, 0.2) is 36.4 Å². The van der Waals surface area contributed by atoms with Crippen molar-refractivity contribution >= 4 is 0 Å². The maximum Gasteiger partial charge on any atom is 0.123 e. The van der Waals surface area contributed by atoms with E-state index in [-0.39, 0.29) is 0 Å². The molecule has 0 unspecified atom stereocenters. The number of rotatable bonds is 8. The van der Waals surface area contributed by atoms with Crippen LogP contribution in [0.2, 0.25) is 0 Å². The monoisotopic (exact) mass is 318 g/mol. The first-order chi connectivity index (χ1) is 12.3. The third-order valence-corrected chi connectivity index (χ3v) is 3.77. The lowest BCUT2D eigenvalue weighted by molar-refractivity contribution is 0.395. The molecule has 4 nitrogen and oxygen atoms in total. The zero-order valence-electron chi connectivity index (χ0n) is 16.8. The van der Waals surface area contributed by atoms with Crippen LogP contribution >= 0.6 is 0 Å². The predicted molar refractivity (Wildman–Crippen MR) is 92.7 cm³/mol. The Balaban J connectivity index is 1.98. The molecule has 0 fully saturated rings. The Morgan fingerprint density at radius 2 is 1.74 bits per heavy atom. The molecule has 0 radical (unpaired) electrons. The summed E-state index contributed by atoms with van der Waals surface area (Å²) in [5, 5.41) is 3.32. The Labute approximate surface area is 142 Å². The van der Waals surface area contributed by atoms with Gasteiger partial charge in [-0.25, -0.2) is 0 Å². The van der Waals surface area contributed by atoms with Gasteiger partial charge in [-0.05, 0) is 49.2 Å². The molecule has 0 saturated carbocycles. The number of para-hydroxylation sites is 1. The molecule has 0 aromatic heterocycles. The van der Waals surface area contributed by atoms with Crippen molar-refractivity contribution in [3.8, 4) is 17.2 Å². The molecule has 4 heteroatoms. The number of benzene rings is 2. The summed E-state index contributed by atoms with van der Waals surface area (Å²) in [4.78, 5) is 0. The summed E-state index contributed by atoms with van der Waals surface area (Å²) in [5.41, 5.74) is 2.88. The van der Waals surface area contributed by atoms with Crippen LogP contribution in [0.1, 0.15) is 20.8 Å². The molecule has 0 amide bonds. The minimum absolute atomic E-state index is 0.370. The maximum absolute atomic E-state index is 7.26. The van der Waals surface area contributed by atoms with Crippen molar-refractivity contribution in [2.24, 2.45) is 0 Å². The number of methoxy groups -OCH3 is 3. The molecule has 0 spiro atoms. The fourth-order valence-electron chi connectivity index (χ4n) is 2.50. The first kappa shape index (κ1) is 13.3. The van der Waals surface area contributed by atoms with E-state index >= 15 is 0 Å². The fourth-order valence-corrected chi connectivity index (χ4v) is 2.50. The lowest BCUT2D eigenvalue weighted by atomic mass is 10.1. The van der Waals surface area contributed by atoms with Crippen LogP contribution < -0.4 is 19.5 Å². The van der Waals surface area contributed by atoms with Crippen LogP contribution in [0.4, 0.5) is 0 Å². The van der Waals surface area contributed by atoms with Crippen molar-refractivity contribution in [2.45, 2.75) is 19.9 Å². The molecule has 2 aromatic rings. The van der Waals surface area contributed by atoms with E-state index in [9.17, 15) is 0 Å². The summed E-state index contributed by atoms with van der Waals surface area (Å²) in [5.74, 6) is 2.03. The summed E-state index contributed by atoms with van der Waals surface area (Å²) in [6, 6.07) is 11.1. The highest BCUT2D eigenvalue weighted by Crippen LogP contribution is 2.28. The van der Waals surface area contributed by atoms with E-state index in [1.54, 1.807) is 26.4 Å². The number of hydrogen-bond acceptors (Lipinski definition) is 4. The molecule has 1 N–H and O–H groups in total. The predicted octanol–water partition coefficient (Wildman–Crippen LogP) is 3.35. The second-order valence-electron chi connectivity index (χ2n) is 5.27. The van der Waals surface area contributed by atoms with Gasteiger partial charge >= 0.3 is 0 Å². The van der Waals surface area contributed by atoms with Gasteiger partial charge in [-0.2, -0.15) is 0 Å². The number of nitrogens with one attached hydrogen (secondary N) is 1. The van der Waals surface area contributed by atoms with Gasteiger partial charge in [-0.15, -0.1) is 0 Å². The smallest absolute Gasteiger partial charge is 0.123 e. The van der Waals surface area contributed by atoms with E-state index in [0.717, 1.165) is 34.6 Å². The Morgan fingerprint density at radius 1 is 0.957 bits per heavy atom. The molecular formula is C19H25NO3. The Kier molecular flexibility index (Phi) is 4.86. The fraction of sp³-hybridized carbons (Fsp3) is 0.368. The van der Waals surface area contributed by atoms with Crippen LogP contribution in [-0.4, -0.2) is 27.8 Å². The van der Waals surface area contributed by atoms with Crippen molar-refractivity contribution in [1.82, 2.24) is 5.32 Å². The lowest BCUT2D eigenvalue weighted by Gasteiger charge is -2.14. The highest BCUT2D eigenvalue weighted by molar-refractivity contribution is 5.46. The van der Waals surface area contributed by atoms with E-state index in [2.05, 4.69) is 5.32 Å². The SMILES string of the molecule is [2H]C([2H])([2H])Oc1ccccc1CNCCc1cc(OC)c(C)cc1OC. The first-order valence-electron chi connectivity index (χ1n) is 9.03. The van der Waals surface area contributed by atoms with Crippen LogP contribution in [0.3, 0.4) is 0 Å². The summed E-state index contributed by atoms with van der Waals surface area (Å²) in [7, 11) is 0.848. The summed E-state index contributed by atoms with van der Waals surface area (Å²) >= 11 is 0. The van der Waals surface area contributed by atoms with Crippen molar-refractivity contribution < 1.29 is 18.3 Å². The van der Waals surface area contributed by atoms with Crippen LogP contribution in [-0.2, 0) is 13.0 Å². The van der Waals surface area contributed by atoms with Gasteiger partial charge in [0, 0.05) is 12.1 Å². The maximum atomic E-state index is 7.26. The molecule has 124 valence electrons. The van der Waals surface area contributed by atoms with Crippen molar-refractivity contribution in [1.29, 1.82) is 0 Å². The summed E-state index contributed by atoms with van der Waals surface area (Å²) in [6.45, 7) is 3.19. The van der Waals surface area contributed by atoms with Crippen LogP contribution in [0, 0.1) is 6.92 Å². The van der Waals surface area contributed by atoms with Crippen molar-refractivity contribution in [3.05, 3.63) is 53.1 Å². The zero-order valence-corrected chi connectivity index (χ0v) is 13.8. The molecule has 0 aliphatic heterocycles. The zero-order chi connectivity index (χ0) is 19.2. The van der Waals surface area contributed by atoms with Gasteiger partial charge in [0.1, 0.15) is 17.2 Å². The molecular weight excluding hydrogens is 290 g/mol. The molecule has 2 aromatic carbocycles. The molecule has 0 aliphatic carbocycles. The van der Waals surface area contributed by atoms with E-state index in [4.69, 9.17) is 18.3 Å². The van der Waals surface area contributed by atoms with Gasteiger partial charge in [0.2, 0.25) is 0 Å². The van der Waals surface area contributed by atoms with Gasteiger partial charge in [0.15, 0.2) is 0 Å². The second kappa shape index (κ2) is 8.44. The average Bonchev–Trinajstić information content (AvgIpc) is 2.59. The minimum Gasteiger partial charge on any atom is -0.496 e. The van der Waals surface area contributed by atoms with E-state index in [1.807, 2.05) is 31.2 Å². The average molecular weight is 318 g/mol. The standard InChI is InChI=1S/C19H25NO3/c1-14-11-19(23-4)15(12-18(14)22-3)9-10-20-13-16-7-5-6-8-17(16)21-2/h5-8,11-12,20H,9-10,13H2,1-4H3/i2D3. The third kappa shape index (κ3) is 4.39. The Hall–Kier alpha value is -2.20. The number of hydrogen-bond donors (Lipinski definition) is 1. The van der Waals surface area contributed by atoms with Crippen LogP contribution in [0.25, 0.3) is 0 Å². The third-order valence-electron chi connectivity index (χ3n) is 3.77. The van der Waals surface area contributed by atoms with E-state index in [0.29, 0.717) is 18.8 Å². The molecule has 0 atom stereocenters. The lowest BCUT2D eigenvalue weighted by Crippen LogP contribution is -2.17. The summed E-state index contributed by atoms with van der Waals surface area (Å²) < 4.78 is 37.6. The highest BCUT2D eigenvalue weighted by atomic mass is 16.5. The van der Waals surface area contributed by atoms with Crippen molar-refractivity contribution in [3.63, 3.8) is 0 Å². The van der Waals surface area contributed by atoms with Crippen LogP contribution in [0.5, 0.6) is 17.2 Å². The van der Waals surface area contributed by atoms with Gasteiger partial charge in [-0.1, -0.05) is 18.2 Å². The molecule has 0 heterocycles. The van der Waals surface area contributed by atoms with Gasteiger partial charge < -0.3 is 19.5 Å². The van der Waals surface area contributed by atoms with Crippen molar-refractivity contribution in [2.75, 3.05) is 27.8 Å². The van der Waals surface area contributed by atoms with E-state index in [1.165, 1.54) is 0 Å². The van der Waals surface area contributed by atoms with Gasteiger partial charge in [-0.3, -0.25) is 0 Å². The summed E-state index contributed by atoms with van der Waals surface area (Å²) in [6.07, 6.45) is 0.752. The molecule has 2 rings (SSSR count). The normalized spacial score (nSPS) is 12.9. The highest BCUT2D eigenvalue weighted by Gasteiger charge is 2.08. The quantitative estimate of drug-likeness (QED) is 0.758. The molecule has 0 saturated heterocycles. The topological polar surface area (TPSA) is 39.7 Å².